The van der Waals surface area contributed by atoms with Gasteiger partial charge in [-0.15, -0.1) is 11.8 Å². The number of carbonyl (C=O) groups is 2. The molecule has 0 radical (unpaired) electrons. The minimum atomic E-state index is -0.174. The van der Waals surface area contributed by atoms with Crippen LogP contribution in [0, 0.1) is 0 Å². The monoisotopic (exact) mass is 564 g/mol. The van der Waals surface area contributed by atoms with E-state index < -0.39 is 0 Å². The normalized spacial score (nSPS) is 16.7. The molecule has 9 nitrogen and oxygen atoms in total. The van der Waals surface area contributed by atoms with Gasteiger partial charge in [-0.1, -0.05) is 0 Å². The van der Waals surface area contributed by atoms with Gasteiger partial charge in [0.1, 0.15) is 5.52 Å². The highest BCUT2D eigenvalue weighted by Gasteiger charge is 2.26. The molecular weight excluding hydrogens is 544 g/mol. The van der Waals surface area contributed by atoms with Gasteiger partial charge in [-0.05, 0) is 65.0 Å². The number of halogens is 1. The number of anilines is 1. The van der Waals surface area contributed by atoms with Crippen LogP contribution in [0.25, 0.3) is 16.7 Å². The fourth-order valence-corrected chi connectivity index (χ4v) is 6.08. The Labute approximate surface area is 219 Å². The molecular formula is C25H21BrN6O3S. The number of rotatable bonds is 4. The lowest BCUT2D eigenvalue weighted by Crippen LogP contribution is -2.39. The van der Waals surface area contributed by atoms with Crippen LogP contribution in [-0.2, 0) is 17.6 Å². The Morgan fingerprint density at radius 3 is 3.06 bits per heavy atom. The summed E-state index contributed by atoms with van der Waals surface area (Å²) in [7, 11) is 1.59. The summed E-state index contributed by atoms with van der Waals surface area (Å²) in [4.78, 5) is 34.8. The number of ether oxygens (including phenoxy) is 1. The first-order chi connectivity index (χ1) is 17.5. The van der Waals surface area contributed by atoms with Crippen LogP contribution in [0.4, 0.5) is 5.69 Å². The predicted molar refractivity (Wildman–Crippen MR) is 140 cm³/mol. The third-order valence-corrected chi connectivity index (χ3v) is 8.06. The van der Waals surface area contributed by atoms with Gasteiger partial charge in [0.15, 0.2) is 0 Å². The van der Waals surface area contributed by atoms with Crippen LogP contribution in [0.2, 0.25) is 0 Å². The maximum atomic E-state index is 13.1. The highest BCUT2D eigenvalue weighted by Crippen LogP contribution is 2.36. The van der Waals surface area contributed by atoms with E-state index in [1.165, 1.54) is 11.8 Å². The Bertz CT molecular complexity index is 1540. The lowest BCUT2D eigenvalue weighted by atomic mass is 9.93. The summed E-state index contributed by atoms with van der Waals surface area (Å²) in [6, 6.07) is 9.15. The molecule has 2 N–H and O–H groups in total. The number of hydrogen-bond donors (Lipinski definition) is 2. The summed E-state index contributed by atoms with van der Waals surface area (Å²) in [6.45, 7) is 0. The van der Waals surface area contributed by atoms with Crippen molar-refractivity contribution in [3.63, 3.8) is 0 Å². The fraction of sp³-hybridized carbons (Fsp3) is 0.240. The van der Waals surface area contributed by atoms with Crippen molar-refractivity contribution in [2.24, 2.45) is 0 Å². The van der Waals surface area contributed by atoms with Crippen LogP contribution in [0.1, 0.15) is 28.0 Å². The molecule has 2 amide bonds. The van der Waals surface area contributed by atoms with Crippen LogP contribution in [-0.4, -0.2) is 50.5 Å². The van der Waals surface area contributed by atoms with Gasteiger partial charge in [0.2, 0.25) is 11.8 Å². The highest BCUT2D eigenvalue weighted by atomic mass is 79.9. The zero-order valence-corrected chi connectivity index (χ0v) is 21.6. The minimum absolute atomic E-state index is 0.0260. The molecule has 36 heavy (non-hydrogen) atoms. The number of hydrogen-bond acceptors (Lipinski definition) is 7. The van der Waals surface area contributed by atoms with Gasteiger partial charge in [-0.3, -0.25) is 14.6 Å². The highest BCUT2D eigenvalue weighted by molar-refractivity contribution is 9.10. The first kappa shape index (κ1) is 23.0. The molecule has 1 aromatic carbocycles. The van der Waals surface area contributed by atoms with Gasteiger partial charge in [-0.2, -0.15) is 5.10 Å². The van der Waals surface area contributed by atoms with Crippen molar-refractivity contribution in [3.8, 4) is 11.6 Å². The minimum Gasteiger partial charge on any atom is -0.481 e. The lowest BCUT2D eigenvalue weighted by molar-refractivity contribution is -0.113. The third-order valence-electron chi connectivity index (χ3n) is 6.35. The average Bonchev–Trinajstić information content (AvgIpc) is 3.31. The van der Waals surface area contributed by atoms with Crippen molar-refractivity contribution in [2.45, 2.75) is 30.2 Å². The topological polar surface area (TPSA) is 111 Å². The third kappa shape index (κ3) is 4.22. The standard InChI is InChI=1S/C25H21BrN6O3S/c1-35-23-5-4-18-24(30-23)20(6-7-27-18)32-11-13-8-14(2-3-17(13)31-32)28-25(34)15-9-19-21(10-16(15)26)36-12-22(33)29-19/h4-7,9-11,14H,2-3,8,12H2,1H3,(H,28,34)(H,29,33). The summed E-state index contributed by atoms with van der Waals surface area (Å²) >= 11 is 4.98. The maximum absolute atomic E-state index is 13.1. The molecule has 0 saturated carbocycles. The van der Waals surface area contributed by atoms with E-state index in [0.29, 0.717) is 39.3 Å². The summed E-state index contributed by atoms with van der Waals surface area (Å²) in [6.07, 6.45) is 5.97. The molecule has 3 aromatic heterocycles. The van der Waals surface area contributed by atoms with E-state index in [1.807, 2.05) is 29.1 Å². The zero-order chi connectivity index (χ0) is 24.8. The van der Waals surface area contributed by atoms with Crippen molar-refractivity contribution in [2.75, 3.05) is 18.2 Å². The first-order valence-corrected chi connectivity index (χ1v) is 13.2. The van der Waals surface area contributed by atoms with Crippen LogP contribution < -0.4 is 15.4 Å². The Hall–Kier alpha value is -3.44. The molecule has 1 atom stereocenters. The maximum Gasteiger partial charge on any atom is 0.252 e. The Morgan fingerprint density at radius 2 is 2.19 bits per heavy atom. The van der Waals surface area contributed by atoms with E-state index in [2.05, 4.69) is 36.5 Å². The van der Waals surface area contributed by atoms with Gasteiger partial charge >= 0.3 is 0 Å². The molecule has 6 rings (SSSR count). The van der Waals surface area contributed by atoms with Crippen molar-refractivity contribution >= 4 is 56.2 Å². The summed E-state index contributed by atoms with van der Waals surface area (Å²) in [5.41, 5.74) is 5.58. The molecule has 2 aliphatic rings. The van der Waals surface area contributed by atoms with E-state index in [4.69, 9.17) is 9.84 Å². The van der Waals surface area contributed by atoms with E-state index in [0.717, 1.165) is 40.2 Å². The number of nitrogens with one attached hydrogen (secondary N) is 2. The molecule has 0 bridgehead atoms. The second-order valence-electron chi connectivity index (χ2n) is 8.68. The number of amides is 2. The molecule has 0 saturated heterocycles. The van der Waals surface area contributed by atoms with Gasteiger partial charge in [0, 0.05) is 33.9 Å². The Kier molecular flexibility index (Phi) is 5.88. The summed E-state index contributed by atoms with van der Waals surface area (Å²) in [5.74, 6) is 0.658. The quantitative estimate of drug-likeness (QED) is 0.386. The average molecular weight is 565 g/mol. The second kappa shape index (κ2) is 9.21. The molecule has 4 aromatic rings. The SMILES string of the molecule is COc1ccc2nccc(-n3cc4c(n3)CCC(NC(=O)c3cc5c(cc3Br)SCC(=O)N5)C4)c2n1. The van der Waals surface area contributed by atoms with Crippen molar-refractivity contribution < 1.29 is 14.3 Å². The number of fused-ring (bicyclic) bond motifs is 3. The molecule has 0 fully saturated rings. The van der Waals surface area contributed by atoms with Crippen LogP contribution in [0.15, 0.2) is 52.1 Å². The number of pyridine rings is 2. The number of nitrogens with zero attached hydrogens (tertiary/aromatic N) is 4. The number of benzene rings is 1. The smallest absolute Gasteiger partial charge is 0.252 e. The Morgan fingerprint density at radius 1 is 1.31 bits per heavy atom. The summed E-state index contributed by atoms with van der Waals surface area (Å²) in [5, 5.41) is 10.8. The van der Waals surface area contributed by atoms with Crippen LogP contribution in [0.3, 0.4) is 0 Å². The van der Waals surface area contributed by atoms with Crippen LogP contribution >= 0.6 is 27.7 Å². The number of methoxy groups -OCH3 is 1. The largest absolute Gasteiger partial charge is 0.481 e. The van der Waals surface area contributed by atoms with Crippen molar-refractivity contribution in [1.29, 1.82) is 0 Å². The molecule has 182 valence electrons. The van der Waals surface area contributed by atoms with Gasteiger partial charge in [0.05, 0.1) is 41.0 Å². The van der Waals surface area contributed by atoms with E-state index in [9.17, 15) is 9.59 Å². The number of carbonyl (C=O) groups excluding carboxylic acids is 2. The molecule has 1 aliphatic carbocycles. The molecule has 0 spiro atoms. The molecule has 1 unspecified atom stereocenters. The van der Waals surface area contributed by atoms with Crippen LogP contribution in [0.5, 0.6) is 5.88 Å². The van der Waals surface area contributed by atoms with E-state index in [-0.39, 0.29) is 17.9 Å². The van der Waals surface area contributed by atoms with E-state index in [1.54, 1.807) is 25.4 Å². The van der Waals surface area contributed by atoms with Crippen molar-refractivity contribution in [3.05, 3.63) is 64.0 Å². The summed E-state index contributed by atoms with van der Waals surface area (Å²) < 4.78 is 7.84. The molecule has 4 heterocycles. The van der Waals surface area contributed by atoms with Gasteiger partial charge in [-0.25, -0.2) is 9.67 Å². The van der Waals surface area contributed by atoms with Gasteiger partial charge < -0.3 is 15.4 Å². The number of aryl methyl sites for hydroxylation is 1. The first-order valence-electron chi connectivity index (χ1n) is 11.4. The van der Waals surface area contributed by atoms with E-state index >= 15 is 0 Å². The molecule has 1 aliphatic heterocycles. The fourth-order valence-electron chi connectivity index (χ4n) is 4.58. The molecule has 11 heteroatoms. The predicted octanol–water partition coefficient (Wildman–Crippen LogP) is 3.92. The zero-order valence-electron chi connectivity index (χ0n) is 19.2. The Balaban J connectivity index is 1.23. The number of aromatic nitrogens is 4. The number of thioether (sulfide) groups is 1. The lowest BCUT2D eigenvalue weighted by Gasteiger charge is -2.23. The second-order valence-corrected chi connectivity index (χ2v) is 10.5. The van der Waals surface area contributed by atoms with Gasteiger partial charge in [0.25, 0.3) is 5.91 Å². The van der Waals surface area contributed by atoms with Crippen molar-refractivity contribution in [1.82, 2.24) is 25.1 Å².